The van der Waals surface area contributed by atoms with Crippen LogP contribution in [0.3, 0.4) is 0 Å². The zero-order valence-electron chi connectivity index (χ0n) is 24.5. The molecule has 0 aliphatic carbocycles. The van der Waals surface area contributed by atoms with Gasteiger partial charge >= 0.3 is 12.1 Å². The molecule has 4 rings (SSSR count). The third-order valence-electron chi connectivity index (χ3n) is 6.28. The normalized spacial score (nSPS) is 10.5. The van der Waals surface area contributed by atoms with Crippen LogP contribution in [0.2, 0.25) is 5.02 Å². The van der Waals surface area contributed by atoms with Crippen molar-refractivity contribution >= 4 is 41.8 Å². The molecule has 0 atom stereocenters. The van der Waals surface area contributed by atoms with Crippen LogP contribution < -0.4 is 10.2 Å². The summed E-state index contributed by atoms with van der Waals surface area (Å²) in [6, 6.07) is 17.2. The van der Waals surface area contributed by atoms with E-state index in [0.717, 1.165) is 17.7 Å². The van der Waals surface area contributed by atoms with Crippen molar-refractivity contribution in [1.82, 2.24) is 5.32 Å². The van der Waals surface area contributed by atoms with E-state index in [0.29, 0.717) is 22.8 Å². The topological polar surface area (TPSA) is 156 Å². The summed E-state index contributed by atoms with van der Waals surface area (Å²) in [4.78, 5) is 24.4. The Kier molecular flexibility index (Phi) is 15.7. The molecule has 0 bridgehead atoms. The minimum atomic E-state index is -4.68. The second kappa shape index (κ2) is 18.1. The van der Waals surface area contributed by atoms with Gasteiger partial charge in [0, 0.05) is 17.3 Å². The van der Waals surface area contributed by atoms with Crippen LogP contribution in [-0.2, 0) is 24.1 Å². The van der Waals surface area contributed by atoms with E-state index < -0.39 is 63.2 Å². The largest absolute Gasteiger partial charge is 0.478 e. The van der Waals surface area contributed by atoms with E-state index >= 15 is 0 Å². The minimum absolute atomic E-state index is 0. The molecule has 0 unspecified atom stereocenters. The molecule has 0 heterocycles. The van der Waals surface area contributed by atoms with Crippen LogP contribution in [-0.4, -0.2) is 34.5 Å². The maximum absolute atomic E-state index is 13.1. The van der Waals surface area contributed by atoms with Crippen molar-refractivity contribution in [3.05, 3.63) is 129 Å². The second-order valence-electron chi connectivity index (χ2n) is 9.47. The Morgan fingerprint density at radius 1 is 0.837 bits per heavy atom. The van der Waals surface area contributed by atoms with E-state index in [4.69, 9.17) is 16.7 Å². The maximum Gasteiger partial charge on any atom is 0.417 e. The molecule has 49 heavy (non-hydrogen) atoms. The molecule has 18 heteroatoms. The summed E-state index contributed by atoms with van der Waals surface area (Å²) in [5.41, 5.74) is -0.0413. The highest BCUT2D eigenvalue weighted by atomic mass is 35.5. The van der Waals surface area contributed by atoms with Crippen molar-refractivity contribution in [2.24, 2.45) is 0 Å². The quantitative estimate of drug-likeness (QED) is 0.0841. The van der Waals surface area contributed by atoms with E-state index in [2.05, 4.69) is 17.9 Å². The zero-order valence-corrected chi connectivity index (χ0v) is 26.1. The third kappa shape index (κ3) is 10.9. The summed E-state index contributed by atoms with van der Waals surface area (Å²) >= 11 is 8.97. The smallest absolute Gasteiger partial charge is 0.417 e. The molecule has 0 spiro atoms. The zero-order chi connectivity index (χ0) is 35.1. The van der Waals surface area contributed by atoms with Gasteiger partial charge in [-0.2, -0.15) is 18.4 Å². The fourth-order valence-electron chi connectivity index (χ4n) is 3.92. The number of nitriles is 1. The van der Waals surface area contributed by atoms with Crippen molar-refractivity contribution < 1.29 is 60.8 Å². The summed E-state index contributed by atoms with van der Waals surface area (Å²) in [7, 11) is 0. The van der Waals surface area contributed by atoms with Crippen molar-refractivity contribution in [2.75, 3.05) is 11.4 Å². The fourth-order valence-corrected chi connectivity index (χ4v) is 4.25. The number of hydrogen-bond acceptors (Lipinski definition) is 5. The Morgan fingerprint density at radius 3 is 1.84 bits per heavy atom. The van der Waals surface area contributed by atoms with Gasteiger partial charge in [-0.15, -0.1) is 12.6 Å². The number of benzene rings is 4. The lowest BCUT2D eigenvalue weighted by Gasteiger charge is -2.24. The minimum Gasteiger partial charge on any atom is -0.478 e. The SMILES string of the molecule is Fc1c(F)c(F)c(S)c(F)c1F.N#Cc1cc(CN(C(=O)CNCc2ccc(Cl)cc2)c2ccc(C(=O)O)cc2)ccc1C(F)(F)F.O.O. The molecule has 1 amide bonds. The van der Waals surface area contributed by atoms with Crippen LogP contribution in [0.4, 0.5) is 40.8 Å². The molecule has 262 valence electrons. The van der Waals surface area contributed by atoms with E-state index in [1.165, 1.54) is 35.2 Å². The van der Waals surface area contributed by atoms with Crippen molar-refractivity contribution in [2.45, 2.75) is 24.2 Å². The van der Waals surface area contributed by atoms with Crippen LogP contribution in [0.1, 0.15) is 32.6 Å². The molecule has 4 aromatic rings. The Hall–Kier alpha value is -4.73. The first-order valence-corrected chi connectivity index (χ1v) is 13.8. The van der Waals surface area contributed by atoms with Crippen LogP contribution in [0.15, 0.2) is 71.6 Å². The summed E-state index contributed by atoms with van der Waals surface area (Å²) < 4.78 is 101. The number of alkyl halides is 3. The van der Waals surface area contributed by atoms with E-state index in [1.54, 1.807) is 30.3 Å². The first kappa shape index (κ1) is 42.3. The number of nitrogens with zero attached hydrogens (tertiary/aromatic N) is 2. The molecule has 0 aliphatic heterocycles. The first-order valence-electron chi connectivity index (χ1n) is 12.9. The Morgan fingerprint density at radius 2 is 1.35 bits per heavy atom. The Balaban J connectivity index is 0.000000727. The van der Waals surface area contributed by atoms with Gasteiger partial charge in [0.05, 0.1) is 40.7 Å². The number of carboxylic acid groups (broad SMARTS) is 1. The number of hydrogen-bond donors (Lipinski definition) is 3. The van der Waals surface area contributed by atoms with Gasteiger partial charge in [0.25, 0.3) is 0 Å². The number of rotatable bonds is 8. The molecule has 0 aromatic heterocycles. The van der Waals surface area contributed by atoms with Gasteiger partial charge in [-0.25, -0.2) is 26.7 Å². The van der Waals surface area contributed by atoms with E-state index in [-0.39, 0.29) is 29.6 Å². The number of aromatic carboxylic acids is 1. The molecular weight excluding hydrogens is 714 g/mol. The molecular formula is C31H24ClF8N3O5S. The molecule has 0 radical (unpaired) electrons. The average Bonchev–Trinajstić information content (AvgIpc) is 3.05. The number of halogens is 9. The fraction of sp³-hybridized carbons (Fsp3) is 0.129. The predicted octanol–water partition coefficient (Wildman–Crippen LogP) is 6.27. The maximum atomic E-state index is 13.1. The lowest BCUT2D eigenvalue weighted by Crippen LogP contribution is -2.37. The molecule has 6 N–H and O–H groups in total. The summed E-state index contributed by atoms with van der Waals surface area (Å²) in [6.45, 7) is 0.142. The van der Waals surface area contributed by atoms with Gasteiger partial charge in [0.2, 0.25) is 11.7 Å². The second-order valence-corrected chi connectivity index (χ2v) is 10.4. The van der Waals surface area contributed by atoms with Crippen molar-refractivity contribution in [3.63, 3.8) is 0 Å². The number of carbonyl (C=O) groups is 2. The number of carboxylic acids is 1. The van der Waals surface area contributed by atoms with Crippen LogP contribution >= 0.6 is 24.2 Å². The summed E-state index contributed by atoms with van der Waals surface area (Å²) in [5, 5.41) is 21.9. The highest BCUT2D eigenvalue weighted by molar-refractivity contribution is 7.80. The van der Waals surface area contributed by atoms with Crippen LogP contribution in [0.5, 0.6) is 0 Å². The first-order chi connectivity index (χ1) is 22.0. The molecule has 0 aliphatic rings. The number of amides is 1. The van der Waals surface area contributed by atoms with Crippen molar-refractivity contribution in [1.29, 1.82) is 5.26 Å². The molecule has 8 nitrogen and oxygen atoms in total. The number of thiol groups is 1. The van der Waals surface area contributed by atoms with E-state index in [1.807, 2.05) is 0 Å². The molecule has 4 aromatic carbocycles. The van der Waals surface area contributed by atoms with Gasteiger partial charge in [0.1, 0.15) is 0 Å². The summed E-state index contributed by atoms with van der Waals surface area (Å²) in [6.07, 6.45) is -4.68. The van der Waals surface area contributed by atoms with Crippen molar-refractivity contribution in [3.8, 4) is 6.07 Å². The standard InChI is InChI=1S/C25H19ClF3N3O3.C6HF5S.2H2O/c26-20-6-1-16(2-7-20)13-31-14-23(33)32(21-8-4-18(5-9-21)24(34)35)15-17-3-10-22(25(27,28)29)19(11-17)12-30;7-1-2(8)4(10)6(12)5(11)3(1)9;;/h1-11,31H,13-15H2,(H,34,35);12H;2*1H2. The Labute approximate surface area is 283 Å². The van der Waals surface area contributed by atoms with Crippen LogP contribution in [0, 0.1) is 40.4 Å². The third-order valence-corrected chi connectivity index (χ3v) is 6.93. The van der Waals surface area contributed by atoms with Gasteiger partial charge in [-0.05, 0) is 59.7 Å². The van der Waals surface area contributed by atoms with E-state index in [9.17, 15) is 50.0 Å². The van der Waals surface area contributed by atoms with Gasteiger partial charge < -0.3 is 26.3 Å². The molecule has 0 fully saturated rings. The molecule has 0 saturated heterocycles. The summed E-state index contributed by atoms with van der Waals surface area (Å²) in [5.74, 6) is -11.5. The average molecular weight is 738 g/mol. The number of nitrogens with one attached hydrogen (secondary N) is 1. The number of anilines is 1. The number of carbonyl (C=O) groups excluding carboxylic acids is 1. The lowest BCUT2D eigenvalue weighted by atomic mass is 10.0. The Bertz CT molecular complexity index is 1720. The highest BCUT2D eigenvalue weighted by Gasteiger charge is 2.33. The highest BCUT2D eigenvalue weighted by Crippen LogP contribution is 2.32. The monoisotopic (exact) mass is 737 g/mol. The van der Waals surface area contributed by atoms with Crippen LogP contribution in [0.25, 0.3) is 0 Å². The molecule has 0 saturated carbocycles. The van der Waals surface area contributed by atoms with Gasteiger partial charge in [0.15, 0.2) is 23.3 Å². The van der Waals surface area contributed by atoms with Gasteiger partial charge in [-0.3, -0.25) is 4.79 Å². The predicted molar refractivity (Wildman–Crippen MR) is 165 cm³/mol. The van der Waals surface area contributed by atoms with Gasteiger partial charge in [-0.1, -0.05) is 29.8 Å². The lowest BCUT2D eigenvalue weighted by molar-refractivity contribution is -0.137.